The molecular weight excluding hydrogens is 438 g/mol. The number of aryl methyl sites for hydroxylation is 2. The van der Waals surface area contributed by atoms with Gasteiger partial charge in [0.15, 0.2) is 0 Å². The minimum atomic E-state index is -0.0935. The molecule has 3 aromatic heterocycles. The van der Waals surface area contributed by atoms with E-state index in [1.165, 1.54) is 6.08 Å². The number of anilines is 1. The van der Waals surface area contributed by atoms with Gasteiger partial charge in [-0.2, -0.15) is 5.10 Å². The number of carbonyl (C=O) groups excluding carboxylic acids is 1. The third-order valence-corrected chi connectivity index (χ3v) is 6.54. The second-order valence-corrected chi connectivity index (χ2v) is 8.59. The van der Waals surface area contributed by atoms with E-state index in [9.17, 15) is 4.79 Å². The summed E-state index contributed by atoms with van der Waals surface area (Å²) in [6, 6.07) is 6.31. The van der Waals surface area contributed by atoms with Crippen LogP contribution in [-0.2, 0) is 18.3 Å². The van der Waals surface area contributed by atoms with Crippen molar-refractivity contribution in [2.75, 3.05) is 18.5 Å². The van der Waals surface area contributed by atoms with Crippen LogP contribution in [0.15, 0.2) is 60.6 Å². The molecule has 1 amide bonds. The van der Waals surface area contributed by atoms with Gasteiger partial charge >= 0.3 is 0 Å². The number of H-pyrrole nitrogens is 1. The average Bonchev–Trinajstić information content (AvgIpc) is 3.58. The molecule has 1 aliphatic heterocycles. The van der Waals surface area contributed by atoms with Crippen molar-refractivity contribution in [1.82, 2.24) is 19.7 Å². The van der Waals surface area contributed by atoms with Crippen molar-refractivity contribution < 1.29 is 4.79 Å². The molecule has 0 fully saturated rings. The van der Waals surface area contributed by atoms with Gasteiger partial charge in [-0.15, -0.1) is 0 Å². The van der Waals surface area contributed by atoms with Gasteiger partial charge in [-0.3, -0.25) is 14.5 Å². The van der Waals surface area contributed by atoms with E-state index < -0.39 is 0 Å². The third-order valence-electron chi connectivity index (χ3n) is 6.54. The zero-order valence-corrected chi connectivity index (χ0v) is 20.0. The van der Waals surface area contributed by atoms with Crippen LogP contribution >= 0.6 is 0 Å². The maximum absolute atomic E-state index is 12.5. The molecule has 1 aromatic carbocycles. The maximum Gasteiger partial charge on any atom is 0.250 e. The van der Waals surface area contributed by atoms with Gasteiger partial charge < -0.3 is 15.6 Å². The number of benzene rings is 1. The van der Waals surface area contributed by atoms with E-state index in [1.54, 1.807) is 29.0 Å². The topological polar surface area (TPSA) is 105 Å². The molecule has 1 aliphatic rings. The maximum atomic E-state index is 12.5. The van der Waals surface area contributed by atoms with Crippen molar-refractivity contribution in [2.24, 2.45) is 17.8 Å². The van der Waals surface area contributed by atoms with Crippen LogP contribution in [0.25, 0.3) is 39.0 Å². The van der Waals surface area contributed by atoms with E-state index in [4.69, 9.17) is 10.7 Å². The molecule has 0 unspecified atom stereocenters. The van der Waals surface area contributed by atoms with Crippen LogP contribution in [0.2, 0.25) is 0 Å². The highest BCUT2D eigenvalue weighted by atomic mass is 16.2. The molecule has 0 atom stereocenters. The summed E-state index contributed by atoms with van der Waals surface area (Å²) in [6.07, 6.45) is 11.1. The number of allylic oxidation sites excluding steroid dienone is 1. The fraction of sp³-hybridized carbons (Fsp3) is 0.185. The summed E-state index contributed by atoms with van der Waals surface area (Å²) < 4.78 is 1.77. The van der Waals surface area contributed by atoms with Crippen molar-refractivity contribution >= 4 is 34.4 Å². The molecule has 0 saturated heterocycles. The monoisotopic (exact) mass is 465 g/mol. The molecule has 176 valence electrons. The number of fused-ring (bicyclic) bond motifs is 2. The van der Waals surface area contributed by atoms with Gasteiger partial charge in [0, 0.05) is 78.8 Å². The number of hydrogen-bond donors (Lipinski definition) is 2. The molecule has 4 heterocycles. The zero-order chi connectivity index (χ0) is 24.7. The van der Waals surface area contributed by atoms with Crippen molar-refractivity contribution in [3.63, 3.8) is 0 Å². The number of rotatable bonds is 5. The van der Waals surface area contributed by atoms with Crippen LogP contribution in [0.1, 0.15) is 16.7 Å². The number of carbonyl (C=O) groups is 1. The van der Waals surface area contributed by atoms with E-state index >= 15 is 0 Å². The average molecular weight is 466 g/mol. The molecule has 0 spiro atoms. The van der Waals surface area contributed by atoms with Crippen molar-refractivity contribution in [3.05, 3.63) is 72.3 Å². The second kappa shape index (κ2) is 8.72. The lowest BCUT2D eigenvalue weighted by Crippen LogP contribution is -2.26. The molecular formula is C27H27N7O. The van der Waals surface area contributed by atoms with E-state index in [0.29, 0.717) is 6.54 Å². The third kappa shape index (κ3) is 3.63. The largest absolute Gasteiger partial charge is 0.404 e. The van der Waals surface area contributed by atoms with Crippen LogP contribution < -0.4 is 10.6 Å². The normalized spacial score (nSPS) is 13.7. The molecule has 5 rings (SSSR count). The molecule has 0 radical (unpaired) electrons. The van der Waals surface area contributed by atoms with E-state index in [-0.39, 0.29) is 5.91 Å². The first kappa shape index (κ1) is 22.3. The predicted octanol–water partition coefficient (Wildman–Crippen LogP) is 4.01. The number of nitrogens with two attached hydrogens (primary N) is 1. The summed E-state index contributed by atoms with van der Waals surface area (Å²) in [5.74, 6) is -0.0935. The quantitative estimate of drug-likeness (QED) is 0.343. The lowest BCUT2D eigenvalue weighted by Gasteiger charge is -2.16. The summed E-state index contributed by atoms with van der Waals surface area (Å²) in [5.41, 5.74) is 15.4. The molecule has 8 nitrogen and oxygen atoms in total. The van der Waals surface area contributed by atoms with E-state index in [2.05, 4.69) is 46.8 Å². The number of aromatic amines is 1. The highest BCUT2D eigenvalue weighted by Gasteiger charge is 2.26. The molecule has 0 saturated carbocycles. The number of nitrogens with zero attached hydrogens (tertiary/aromatic N) is 5. The van der Waals surface area contributed by atoms with Gasteiger partial charge in [-0.25, -0.2) is 4.98 Å². The minimum absolute atomic E-state index is 0.0935. The van der Waals surface area contributed by atoms with Crippen LogP contribution in [-0.4, -0.2) is 45.5 Å². The van der Waals surface area contributed by atoms with Gasteiger partial charge in [0.25, 0.3) is 0 Å². The fourth-order valence-electron chi connectivity index (χ4n) is 4.87. The molecule has 8 heteroatoms. The van der Waals surface area contributed by atoms with Crippen LogP contribution in [0.5, 0.6) is 0 Å². The number of aliphatic imine (C=N–C) groups is 1. The minimum Gasteiger partial charge on any atom is -0.404 e. The van der Waals surface area contributed by atoms with Gasteiger partial charge in [-0.1, -0.05) is 18.7 Å². The Labute approximate surface area is 203 Å². The number of pyridine rings is 1. The van der Waals surface area contributed by atoms with Crippen LogP contribution in [0, 0.1) is 6.92 Å². The molecule has 35 heavy (non-hydrogen) atoms. The van der Waals surface area contributed by atoms with Crippen molar-refractivity contribution in [2.45, 2.75) is 13.3 Å². The lowest BCUT2D eigenvalue weighted by molar-refractivity contribution is -0.114. The Morgan fingerprint density at radius 1 is 1.29 bits per heavy atom. The second-order valence-electron chi connectivity index (χ2n) is 8.59. The van der Waals surface area contributed by atoms with Crippen molar-refractivity contribution in [3.8, 4) is 22.4 Å². The van der Waals surface area contributed by atoms with Gasteiger partial charge in [0.1, 0.15) is 5.65 Å². The number of hydrogen-bond acceptors (Lipinski definition) is 5. The van der Waals surface area contributed by atoms with E-state index in [1.807, 2.05) is 25.6 Å². The first-order valence-corrected chi connectivity index (χ1v) is 11.4. The lowest BCUT2D eigenvalue weighted by atomic mass is 9.94. The van der Waals surface area contributed by atoms with Crippen LogP contribution in [0.4, 0.5) is 5.69 Å². The SMILES string of the molecule is C=CC(=O)N1CCc2ccc(-c3c(-c4cnn(C)c4)[nH]c4ncc(/C(C=NC)=C/N)c(C)c34)cc21. The Hall–Kier alpha value is -4.46. The Bertz CT molecular complexity index is 1540. The zero-order valence-electron chi connectivity index (χ0n) is 20.0. The first-order valence-electron chi connectivity index (χ1n) is 11.4. The summed E-state index contributed by atoms with van der Waals surface area (Å²) in [4.78, 5) is 26.7. The Balaban J connectivity index is 1.81. The summed E-state index contributed by atoms with van der Waals surface area (Å²) in [5, 5.41) is 5.37. The van der Waals surface area contributed by atoms with E-state index in [0.717, 1.165) is 67.8 Å². The molecule has 3 N–H and O–H groups in total. The number of amides is 1. The number of nitrogens with one attached hydrogen (secondary N) is 1. The summed E-state index contributed by atoms with van der Waals surface area (Å²) in [6.45, 7) is 6.39. The van der Waals surface area contributed by atoms with Gasteiger partial charge in [-0.05, 0) is 42.2 Å². The standard InChI is InChI=1S/C27H27N7O/c1-5-23(35)34-9-8-17-6-7-18(10-22(17)34)25-24-16(2)21(19(11-28)12-29-3)14-30-27(24)32-26(25)20-13-31-33(4)15-20/h5-7,10-15H,1,8-9,28H2,2-4H3,(H,30,32)/b19-11+,29-12?. The van der Waals surface area contributed by atoms with Crippen molar-refractivity contribution in [1.29, 1.82) is 0 Å². The molecule has 0 bridgehead atoms. The van der Waals surface area contributed by atoms with Crippen LogP contribution in [0.3, 0.4) is 0 Å². The summed E-state index contributed by atoms with van der Waals surface area (Å²) >= 11 is 0. The number of aromatic nitrogens is 4. The Morgan fingerprint density at radius 2 is 2.11 bits per heavy atom. The predicted molar refractivity (Wildman–Crippen MR) is 141 cm³/mol. The van der Waals surface area contributed by atoms with Gasteiger partial charge in [0.05, 0.1) is 11.9 Å². The summed E-state index contributed by atoms with van der Waals surface area (Å²) in [7, 11) is 3.61. The first-order chi connectivity index (χ1) is 17.0. The van der Waals surface area contributed by atoms with Gasteiger partial charge in [0.2, 0.25) is 5.91 Å². The molecule has 4 aromatic rings. The highest BCUT2D eigenvalue weighted by molar-refractivity contribution is 6.13. The molecule has 0 aliphatic carbocycles. The smallest absolute Gasteiger partial charge is 0.250 e. The Morgan fingerprint density at radius 3 is 2.80 bits per heavy atom. The fourth-order valence-corrected chi connectivity index (χ4v) is 4.87. The highest BCUT2D eigenvalue weighted by Crippen LogP contribution is 2.43. The Kier molecular flexibility index (Phi) is 5.56.